The van der Waals surface area contributed by atoms with Gasteiger partial charge in [0.1, 0.15) is 13.2 Å². The number of hydrogen-bond acceptors (Lipinski definition) is 4. The number of ether oxygens (including phenoxy) is 2. The van der Waals surface area contributed by atoms with Crippen LogP contribution in [0.4, 0.5) is 0 Å². The van der Waals surface area contributed by atoms with Gasteiger partial charge < -0.3 is 9.47 Å². The molecule has 96 valence electrons. The molecule has 17 heavy (non-hydrogen) atoms. The molecule has 0 amide bonds. The molecule has 0 heterocycles. The smallest absolute Gasteiger partial charge is 0.306 e. The highest BCUT2D eigenvalue weighted by atomic mass is 16.5. The van der Waals surface area contributed by atoms with Crippen LogP contribution in [-0.2, 0) is 19.1 Å². The van der Waals surface area contributed by atoms with Crippen LogP contribution < -0.4 is 0 Å². The van der Waals surface area contributed by atoms with Crippen LogP contribution in [-0.4, -0.2) is 25.2 Å². The van der Waals surface area contributed by atoms with Gasteiger partial charge in [0.05, 0.1) is 12.8 Å². The summed E-state index contributed by atoms with van der Waals surface area (Å²) in [5.74, 6) is -0.683. The largest absolute Gasteiger partial charge is 0.461 e. The van der Waals surface area contributed by atoms with Crippen molar-refractivity contribution in [2.24, 2.45) is 5.41 Å². The van der Waals surface area contributed by atoms with E-state index in [1.807, 2.05) is 13.8 Å². The van der Waals surface area contributed by atoms with Crippen LogP contribution in [0.25, 0.3) is 0 Å². The van der Waals surface area contributed by atoms with Crippen molar-refractivity contribution in [2.75, 3.05) is 13.2 Å². The lowest BCUT2D eigenvalue weighted by molar-refractivity contribution is -0.148. The quantitative estimate of drug-likeness (QED) is 0.482. The van der Waals surface area contributed by atoms with Gasteiger partial charge in [-0.3, -0.25) is 9.59 Å². The maximum atomic E-state index is 11.4. The normalized spacial score (nSPS) is 10.5. The Hall–Kier alpha value is -1.58. The van der Waals surface area contributed by atoms with E-state index in [-0.39, 0.29) is 38.0 Å². The molecule has 0 aliphatic rings. The summed E-state index contributed by atoms with van der Waals surface area (Å²) in [6, 6.07) is 0. The predicted molar refractivity (Wildman–Crippen MR) is 65.3 cm³/mol. The topological polar surface area (TPSA) is 52.6 Å². The maximum Gasteiger partial charge on any atom is 0.306 e. The number of carbonyl (C=O) groups is 2. The molecule has 0 rings (SSSR count). The van der Waals surface area contributed by atoms with Crippen molar-refractivity contribution in [3.63, 3.8) is 0 Å². The molecule has 0 saturated heterocycles. The number of rotatable bonds is 8. The molecule has 0 aromatic carbocycles. The Kier molecular flexibility index (Phi) is 6.94. The van der Waals surface area contributed by atoms with Gasteiger partial charge in [-0.15, -0.1) is 0 Å². The summed E-state index contributed by atoms with van der Waals surface area (Å²) in [6.07, 6.45) is 3.35. The van der Waals surface area contributed by atoms with Crippen LogP contribution >= 0.6 is 0 Å². The Morgan fingerprint density at radius 2 is 1.35 bits per heavy atom. The molecule has 0 atom stereocenters. The Balaban J connectivity index is 4.08. The van der Waals surface area contributed by atoms with Crippen molar-refractivity contribution in [3.05, 3.63) is 25.3 Å². The molecule has 0 aromatic heterocycles. The molecule has 0 bridgehead atoms. The Labute approximate surface area is 102 Å². The number of carbonyl (C=O) groups excluding carboxylic acids is 2. The summed E-state index contributed by atoms with van der Waals surface area (Å²) in [5.41, 5.74) is -0.476. The summed E-state index contributed by atoms with van der Waals surface area (Å²) in [6.45, 7) is 10.9. The van der Waals surface area contributed by atoms with E-state index in [1.165, 1.54) is 12.2 Å². The van der Waals surface area contributed by atoms with Crippen molar-refractivity contribution >= 4 is 11.9 Å². The predicted octanol–water partition coefficient (Wildman–Crippen LogP) is 2.25. The third-order valence-electron chi connectivity index (χ3n) is 1.97. The van der Waals surface area contributed by atoms with Gasteiger partial charge in [-0.2, -0.15) is 0 Å². The summed E-state index contributed by atoms with van der Waals surface area (Å²) in [4.78, 5) is 22.7. The van der Waals surface area contributed by atoms with E-state index in [1.54, 1.807) is 0 Å². The SMILES string of the molecule is C=CCOC(=O)CC(C)(C)CC(=O)OCC=C. The fraction of sp³-hybridized carbons (Fsp3) is 0.538. The molecule has 0 fully saturated rings. The van der Waals surface area contributed by atoms with Crippen molar-refractivity contribution in [2.45, 2.75) is 26.7 Å². The van der Waals surface area contributed by atoms with E-state index >= 15 is 0 Å². The Bertz CT molecular complexity index is 264. The first-order chi connectivity index (χ1) is 7.91. The third kappa shape index (κ3) is 8.25. The van der Waals surface area contributed by atoms with Crippen LogP contribution in [0.2, 0.25) is 0 Å². The monoisotopic (exact) mass is 240 g/mol. The second-order valence-electron chi connectivity index (χ2n) is 4.46. The fourth-order valence-electron chi connectivity index (χ4n) is 1.25. The average molecular weight is 240 g/mol. The van der Waals surface area contributed by atoms with Gasteiger partial charge in [-0.25, -0.2) is 0 Å². The van der Waals surface area contributed by atoms with E-state index in [4.69, 9.17) is 9.47 Å². The van der Waals surface area contributed by atoms with Gasteiger partial charge in [0.2, 0.25) is 0 Å². The maximum absolute atomic E-state index is 11.4. The lowest BCUT2D eigenvalue weighted by Gasteiger charge is -2.21. The standard InChI is InChI=1S/C13H20O4/c1-5-7-16-11(14)9-13(3,4)10-12(15)17-8-6-2/h5-6H,1-2,7-10H2,3-4H3. The highest BCUT2D eigenvalue weighted by molar-refractivity contribution is 5.74. The summed E-state index contributed by atoms with van der Waals surface area (Å²) in [7, 11) is 0. The minimum Gasteiger partial charge on any atom is -0.461 e. The molecule has 4 heteroatoms. The van der Waals surface area contributed by atoms with E-state index in [0.717, 1.165) is 0 Å². The first kappa shape index (κ1) is 15.4. The zero-order valence-corrected chi connectivity index (χ0v) is 10.5. The van der Waals surface area contributed by atoms with E-state index in [2.05, 4.69) is 13.2 Å². The van der Waals surface area contributed by atoms with Crippen LogP contribution in [0.1, 0.15) is 26.7 Å². The van der Waals surface area contributed by atoms with Crippen molar-refractivity contribution in [1.29, 1.82) is 0 Å². The second-order valence-corrected chi connectivity index (χ2v) is 4.46. The fourth-order valence-corrected chi connectivity index (χ4v) is 1.25. The molecule has 4 nitrogen and oxygen atoms in total. The molecule has 0 aliphatic carbocycles. The van der Waals surface area contributed by atoms with Crippen molar-refractivity contribution < 1.29 is 19.1 Å². The van der Waals surface area contributed by atoms with Crippen molar-refractivity contribution in [3.8, 4) is 0 Å². The summed E-state index contributed by atoms with van der Waals surface area (Å²) < 4.78 is 9.73. The third-order valence-corrected chi connectivity index (χ3v) is 1.97. The van der Waals surface area contributed by atoms with Gasteiger partial charge in [0, 0.05) is 0 Å². The highest BCUT2D eigenvalue weighted by Gasteiger charge is 2.26. The highest BCUT2D eigenvalue weighted by Crippen LogP contribution is 2.26. The first-order valence-corrected chi connectivity index (χ1v) is 5.44. The first-order valence-electron chi connectivity index (χ1n) is 5.44. The van der Waals surface area contributed by atoms with Gasteiger partial charge in [0.25, 0.3) is 0 Å². The number of esters is 2. The zero-order chi connectivity index (χ0) is 13.3. The molecule has 0 unspecified atom stereocenters. The summed E-state index contributed by atoms with van der Waals surface area (Å²) >= 11 is 0. The van der Waals surface area contributed by atoms with Crippen molar-refractivity contribution in [1.82, 2.24) is 0 Å². The minimum atomic E-state index is -0.476. The molecule has 0 N–H and O–H groups in total. The lowest BCUT2D eigenvalue weighted by Crippen LogP contribution is -2.23. The van der Waals surface area contributed by atoms with Crippen LogP contribution in [0.5, 0.6) is 0 Å². The Morgan fingerprint density at radius 1 is 1.00 bits per heavy atom. The molecule has 0 aliphatic heterocycles. The molecular formula is C13H20O4. The number of hydrogen-bond donors (Lipinski definition) is 0. The minimum absolute atomic E-state index is 0.171. The van der Waals surface area contributed by atoms with Crippen LogP contribution in [0.15, 0.2) is 25.3 Å². The average Bonchev–Trinajstić information content (AvgIpc) is 2.22. The van der Waals surface area contributed by atoms with E-state index < -0.39 is 5.41 Å². The molecule has 0 saturated carbocycles. The van der Waals surface area contributed by atoms with Gasteiger partial charge in [0.15, 0.2) is 0 Å². The van der Waals surface area contributed by atoms with Gasteiger partial charge >= 0.3 is 11.9 Å². The van der Waals surface area contributed by atoms with Crippen LogP contribution in [0.3, 0.4) is 0 Å². The Morgan fingerprint density at radius 3 is 1.65 bits per heavy atom. The lowest BCUT2D eigenvalue weighted by atomic mass is 9.86. The second kappa shape index (κ2) is 7.65. The van der Waals surface area contributed by atoms with Crippen LogP contribution in [0, 0.1) is 5.41 Å². The van der Waals surface area contributed by atoms with E-state index in [0.29, 0.717) is 0 Å². The summed E-state index contributed by atoms with van der Waals surface area (Å²) in [5, 5.41) is 0. The molecule has 0 spiro atoms. The zero-order valence-electron chi connectivity index (χ0n) is 10.5. The molecular weight excluding hydrogens is 220 g/mol. The molecule has 0 aromatic rings. The molecule has 0 radical (unpaired) electrons. The van der Waals surface area contributed by atoms with Gasteiger partial charge in [-0.1, -0.05) is 39.2 Å². The van der Waals surface area contributed by atoms with E-state index in [9.17, 15) is 9.59 Å². The van der Waals surface area contributed by atoms with Gasteiger partial charge in [-0.05, 0) is 5.41 Å².